The SMILES string of the molecule is CCCCCNC(=O)N(C)Cc1ccc2nsnc2c1. The number of benzene rings is 1. The number of amides is 2. The summed E-state index contributed by atoms with van der Waals surface area (Å²) in [6.07, 6.45) is 3.34. The first-order chi connectivity index (χ1) is 9.70. The van der Waals surface area contributed by atoms with E-state index in [-0.39, 0.29) is 6.03 Å². The first-order valence-corrected chi connectivity index (χ1v) is 7.64. The van der Waals surface area contributed by atoms with E-state index in [1.807, 2.05) is 18.2 Å². The lowest BCUT2D eigenvalue weighted by Crippen LogP contribution is -2.37. The second-order valence-electron chi connectivity index (χ2n) is 4.88. The van der Waals surface area contributed by atoms with Crippen LogP contribution < -0.4 is 5.32 Å². The normalized spacial score (nSPS) is 10.7. The van der Waals surface area contributed by atoms with Crippen molar-refractivity contribution in [2.24, 2.45) is 0 Å². The molecule has 0 aliphatic rings. The highest BCUT2D eigenvalue weighted by molar-refractivity contribution is 7.00. The summed E-state index contributed by atoms with van der Waals surface area (Å²) in [4.78, 5) is 13.6. The van der Waals surface area contributed by atoms with Crippen LogP contribution in [0, 0.1) is 0 Å². The van der Waals surface area contributed by atoms with E-state index in [1.165, 1.54) is 11.7 Å². The van der Waals surface area contributed by atoms with Crippen molar-refractivity contribution in [2.75, 3.05) is 13.6 Å². The van der Waals surface area contributed by atoms with Crippen molar-refractivity contribution in [3.8, 4) is 0 Å². The van der Waals surface area contributed by atoms with Gasteiger partial charge in [0, 0.05) is 20.1 Å². The summed E-state index contributed by atoms with van der Waals surface area (Å²) in [7, 11) is 1.80. The highest BCUT2D eigenvalue weighted by atomic mass is 32.1. The van der Waals surface area contributed by atoms with Gasteiger partial charge < -0.3 is 10.2 Å². The van der Waals surface area contributed by atoms with Gasteiger partial charge in [-0.2, -0.15) is 8.75 Å². The number of rotatable bonds is 6. The molecule has 0 bridgehead atoms. The number of nitrogens with one attached hydrogen (secondary N) is 1. The van der Waals surface area contributed by atoms with Crippen LogP contribution in [-0.2, 0) is 6.54 Å². The van der Waals surface area contributed by atoms with E-state index in [0.29, 0.717) is 6.54 Å². The second-order valence-corrected chi connectivity index (χ2v) is 5.41. The predicted molar refractivity (Wildman–Crippen MR) is 81.8 cm³/mol. The fraction of sp³-hybridized carbons (Fsp3) is 0.500. The van der Waals surface area contributed by atoms with Crippen molar-refractivity contribution in [2.45, 2.75) is 32.7 Å². The van der Waals surface area contributed by atoms with Crippen LogP contribution in [0.15, 0.2) is 18.2 Å². The van der Waals surface area contributed by atoms with Crippen molar-refractivity contribution >= 4 is 28.8 Å². The number of hydrogen-bond donors (Lipinski definition) is 1. The minimum Gasteiger partial charge on any atom is -0.338 e. The van der Waals surface area contributed by atoms with Gasteiger partial charge in [0.2, 0.25) is 0 Å². The number of hydrogen-bond acceptors (Lipinski definition) is 4. The third-order valence-electron chi connectivity index (χ3n) is 3.14. The molecule has 0 atom stereocenters. The second kappa shape index (κ2) is 7.19. The lowest BCUT2D eigenvalue weighted by atomic mass is 10.2. The van der Waals surface area contributed by atoms with Crippen LogP contribution in [0.25, 0.3) is 11.0 Å². The van der Waals surface area contributed by atoms with Gasteiger partial charge in [0.05, 0.1) is 11.7 Å². The van der Waals surface area contributed by atoms with Gasteiger partial charge in [0.1, 0.15) is 11.0 Å². The number of carbonyl (C=O) groups is 1. The van der Waals surface area contributed by atoms with E-state index >= 15 is 0 Å². The van der Waals surface area contributed by atoms with Crippen molar-refractivity contribution in [1.29, 1.82) is 0 Å². The molecule has 1 aromatic carbocycles. The molecule has 20 heavy (non-hydrogen) atoms. The van der Waals surface area contributed by atoms with Crippen LogP contribution in [0.4, 0.5) is 4.79 Å². The molecule has 2 rings (SSSR count). The van der Waals surface area contributed by atoms with Crippen molar-refractivity contribution in [1.82, 2.24) is 19.0 Å². The van der Waals surface area contributed by atoms with E-state index in [2.05, 4.69) is 21.0 Å². The summed E-state index contributed by atoms with van der Waals surface area (Å²) in [5.41, 5.74) is 2.87. The molecular weight excluding hydrogens is 272 g/mol. The molecule has 5 nitrogen and oxygen atoms in total. The highest BCUT2D eigenvalue weighted by Gasteiger charge is 2.09. The van der Waals surface area contributed by atoms with Gasteiger partial charge in [-0.15, -0.1) is 0 Å². The molecule has 0 spiro atoms. The maximum atomic E-state index is 11.9. The maximum absolute atomic E-state index is 11.9. The average molecular weight is 292 g/mol. The molecule has 108 valence electrons. The summed E-state index contributed by atoms with van der Waals surface area (Å²) in [6, 6.07) is 5.89. The number of urea groups is 1. The molecule has 1 N–H and O–H groups in total. The Bertz CT molecular complexity index is 569. The summed E-state index contributed by atoms with van der Waals surface area (Å²) < 4.78 is 8.38. The molecule has 0 fully saturated rings. The zero-order chi connectivity index (χ0) is 14.4. The molecule has 0 unspecified atom stereocenters. The van der Waals surface area contributed by atoms with Gasteiger partial charge >= 0.3 is 6.03 Å². The molecule has 1 aromatic heterocycles. The Labute approximate surface area is 123 Å². The van der Waals surface area contributed by atoms with Gasteiger partial charge in [0.15, 0.2) is 0 Å². The zero-order valence-corrected chi connectivity index (χ0v) is 12.7. The van der Waals surface area contributed by atoms with Crippen molar-refractivity contribution in [3.63, 3.8) is 0 Å². The minimum atomic E-state index is -0.0300. The number of aromatic nitrogens is 2. The Hall–Kier alpha value is -1.69. The van der Waals surface area contributed by atoms with Crippen LogP contribution in [0.1, 0.15) is 31.7 Å². The van der Waals surface area contributed by atoms with Crippen LogP contribution >= 0.6 is 11.7 Å². The van der Waals surface area contributed by atoms with E-state index in [9.17, 15) is 4.79 Å². The van der Waals surface area contributed by atoms with E-state index < -0.39 is 0 Å². The lowest BCUT2D eigenvalue weighted by molar-refractivity contribution is 0.206. The topological polar surface area (TPSA) is 58.1 Å². The first-order valence-electron chi connectivity index (χ1n) is 6.91. The highest BCUT2D eigenvalue weighted by Crippen LogP contribution is 2.14. The summed E-state index contributed by atoms with van der Waals surface area (Å²) >= 11 is 1.21. The Morgan fingerprint density at radius 1 is 1.30 bits per heavy atom. The smallest absolute Gasteiger partial charge is 0.317 e. The van der Waals surface area contributed by atoms with E-state index in [4.69, 9.17) is 0 Å². The largest absolute Gasteiger partial charge is 0.338 e. The Kier molecular flexibility index (Phi) is 5.29. The summed E-state index contributed by atoms with van der Waals surface area (Å²) in [6.45, 7) is 3.47. The quantitative estimate of drug-likeness (QED) is 0.833. The van der Waals surface area contributed by atoms with Crippen molar-refractivity contribution < 1.29 is 4.79 Å². The molecule has 0 saturated carbocycles. The van der Waals surface area contributed by atoms with Gasteiger partial charge in [-0.25, -0.2) is 4.79 Å². The minimum absolute atomic E-state index is 0.0300. The standard InChI is InChI=1S/C14H20N4OS/c1-3-4-5-8-15-14(19)18(2)10-11-6-7-12-13(9-11)17-20-16-12/h6-7,9H,3-5,8,10H2,1-2H3,(H,15,19). The first kappa shape index (κ1) is 14.7. The number of carbonyl (C=O) groups excluding carboxylic acids is 1. The van der Waals surface area contributed by atoms with Crippen LogP contribution in [0.5, 0.6) is 0 Å². The zero-order valence-electron chi connectivity index (χ0n) is 11.9. The predicted octanol–water partition coefficient (Wildman–Crippen LogP) is 3.02. The molecule has 0 aliphatic heterocycles. The number of unbranched alkanes of at least 4 members (excludes halogenated alkanes) is 2. The van der Waals surface area contributed by atoms with Gasteiger partial charge in [0.25, 0.3) is 0 Å². The maximum Gasteiger partial charge on any atom is 0.317 e. The molecular formula is C14H20N4OS. The van der Waals surface area contributed by atoms with Crippen LogP contribution in [0.2, 0.25) is 0 Å². The third kappa shape index (κ3) is 3.90. The monoisotopic (exact) mass is 292 g/mol. The van der Waals surface area contributed by atoms with E-state index in [1.54, 1.807) is 11.9 Å². The fourth-order valence-electron chi connectivity index (χ4n) is 1.98. The molecule has 6 heteroatoms. The van der Waals surface area contributed by atoms with Crippen LogP contribution in [0.3, 0.4) is 0 Å². The van der Waals surface area contributed by atoms with Gasteiger partial charge in [-0.3, -0.25) is 0 Å². The number of fused-ring (bicyclic) bond motifs is 1. The van der Waals surface area contributed by atoms with Crippen LogP contribution in [-0.4, -0.2) is 33.3 Å². The lowest BCUT2D eigenvalue weighted by Gasteiger charge is -2.18. The summed E-state index contributed by atoms with van der Waals surface area (Å²) in [5, 5.41) is 2.93. The molecule has 0 aliphatic carbocycles. The molecule has 0 radical (unpaired) electrons. The Morgan fingerprint density at radius 2 is 2.10 bits per heavy atom. The van der Waals surface area contributed by atoms with Crippen molar-refractivity contribution in [3.05, 3.63) is 23.8 Å². The third-order valence-corrected chi connectivity index (χ3v) is 3.70. The average Bonchev–Trinajstić information content (AvgIpc) is 2.90. The Balaban J connectivity index is 1.86. The van der Waals surface area contributed by atoms with Gasteiger partial charge in [-0.05, 0) is 24.1 Å². The molecule has 0 saturated heterocycles. The molecule has 2 amide bonds. The van der Waals surface area contributed by atoms with Gasteiger partial charge in [-0.1, -0.05) is 25.8 Å². The van der Waals surface area contributed by atoms with E-state index in [0.717, 1.165) is 42.4 Å². The molecule has 2 aromatic rings. The Morgan fingerprint density at radius 3 is 2.90 bits per heavy atom. The summed E-state index contributed by atoms with van der Waals surface area (Å²) in [5.74, 6) is 0. The number of nitrogens with zero attached hydrogens (tertiary/aromatic N) is 3. The molecule has 1 heterocycles. The fourth-order valence-corrected chi connectivity index (χ4v) is 2.49.